The lowest BCUT2D eigenvalue weighted by Crippen LogP contribution is -2.11. The Morgan fingerprint density at radius 1 is 1.59 bits per heavy atom. The molecular weight excluding hydrogens is 249 g/mol. The fraction of sp³-hybridized carbons (Fsp3) is 0.125. The molecule has 2 rings (SSSR count). The smallest absolute Gasteiger partial charge is 0.325 e. The molecule has 0 fully saturated rings. The second-order valence-electron chi connectivity index (χ2n) is 2.91. The number of tetrazole rings is 1. The predicted molar refractivity (Wildman–Crippen MR) is 53.8 cm³/mol. The number of carboxylic acids is 1. The summed E-state index contributed by atoms with van der Waals surface area (Å²) in [7, 11) is 0. The van der Waals surface area contributed by atoms with E-state index in [4.69, 9.17) is 5.11 Å². The topological polar surface area (TPSA) is 93.8 Å². The van der Waals surface area contributed by atoms with Crippen molar-refractivity contribution in [2.75, 3.05) is 0 Å². The highest BCUT2D eigenvalue weighted by Gasteiger charge is 2.13. The Kier molecular flexibility index (Phi) is 3.28. The normalized spacial score (nSPS) is 10.4. The van der Waals surface area contributed by atoms with Crippen LogP contribution in [0.5, 0.6) is 0 Å². The predicted octanol–water partition coefficient (Wildman–Crippen LogP) is 0.443. The first-order valence-corrected chi connectivity index (χ1v) is 5.25. The first-order valence-electron chi connectivity index (χ1n) is 4.43. The van der Waals surface area contributed by atoms with Gasteiger partial charge in [-0.3, -0.25) is 4.79 Å². The molecule has 0 aliphatic carbocycles. The number of hydrogen-bond acceptors (Lipinski definition) is 6. The maximum absolute atomic E-state index is 13.3. The summed E-state index contributed by atoms with van der Waals surface area (Å²) in [5.74, 6) is -1.59. The minimum atomic E-state index is -1.08. The van der Waals surface area contributed by atoms with Gasteiger partial charge in [-0.05, 0) is 34.3 Å². The van der Waals surface area contributed by atoms with Crippen LogP contribution >= 0.6 is 11.8 Å². The van der Waals surface area contributed by atoms with Crippen LogP contribution in [0.4, 0.5) is 4.39 Å². The summed E-state index contributed by atoms with van der Waals surface area (Å²) in [6.45, 7) is -0.385. The van der Waals surface area contributed by atoms with Gasteiger partial charge in [-0.1, -0.05) is 0 Å². The van der Waals surface area contributed by atoms with Crippen molar-refractivity contribution >= 4 is 17.7 Å². The highest BCUT2D eigenvalue weighted by molar-refractivity contribution is 7.99. The molecule has 0 spiro atoms. The molecule has 0 amide bonds. The molecule has 0 saturated heterocycles. The average molecular weight is 255 g/mol. The minimum Gasteiger partial charge on any atom is -0.480 e. The van der Waals surface area contributed by atoms with E-state index in [9.17, 15) is 9.18 Å². The van der Waals surface area contributed by atoms with E-state index in [1.165, 1.54) is 18.3 Å². The van der Waals surface area contributed by atoms with Crippen LogP contribution < -0.4 is 0 Å². The first-order chi connectivity index (χ1) is 8.16. The fourth-order valence-corrected chi connectivity index (χ4v) is 1.77. The molecule has 88 valence electrons. The molecule has 2 aromatic heterocycles. The second kappa shape index (κ2) is 4.87. The van der Waals surface area contributed by atoms with Crippen LogP contribution in [0.2, 0.25) is 0 Å². The van der Waals surface area contributed by atoms with Crippen LogP contribution in [0.15, 0.2) is 28.5 Å². The molecule has 0 bridgehead atoms. The van der Waals surface area contributed by atoms with Crippen molar-refractivity contribution in [3.05, 3.63) is 24.1 Å². The van der Waals surface area contributed by atoms with Gasteiger partial charge in [0.1, 0.15) is 11.6 Å². The van der Waals surface area contributed by atoms with E-state index in [0.29, 0.717) is 0 Å². The number of pyridine rings is 1. The molecule has 0 saturated carbocycles. The van der Waals surface area contributed by atoms with Crippen LogP contribution in [0.25, 0.3) is 0 Å². The number of aromatic nitrogens is 5. The van der Waals surface area contributed by atoms with Gasteiger partial charge >= 0.3 is 5.97 Å². The molecule has 17 heavy (non-hydrogen) atoms. The fourth-order valence-electron chi connectivity index (χ4n) is 1.03. The zero-order valence-electron chi connectivity index (χ0n) is 8.32. The summed E-state index contributed by atoms with van der Waals surface area (Å²) in [6, 6.07) is 2.71. The summed E-state index contributed by atoms with van der Waals surface area (Å²) in [6.07, 6.45) is 1.43. The van der Waals surface area contributed by atoms with Gasteiger partial charge in [0.15, 0.2) is 5.82 Å². The van der Waals surface area contributed by atoms with Crippen LogP contribution in [-0.4, -0.2) is 36.3 Å². The molecule has 7 nitrogen and oxygen atoms in total. The average Bonchev–Trinajstić information content (AvgIpc) is 2.68. The molecule has 9 heteroatoms. The zero-order valence-corrected chi connectivity index (χ0v) is 9.13. The van der Waals surface area contributed by atoms with Crippen LogP contribution in [0.1, 0.15) is 0 Å². The number of nitrogens with zero attached hydrogens (tertiary/aromatic N) is 5. The number of halogens is 1. The molecular formula is C8H6FN5O2S. The van der Waals surface area contributed by atoms with Gasteiger partial charge in [0.2, 0.25) is 5.16 Å². The van der Waals surface area contributed by atoms with Gasteiger partial charge in [0.25, 0.3) is 0 Å². The molecule has 0 unspecified atom stereocenters. The van der Waals surface area contributed by atoms with Gasteiger partial charge in [0, 0.05) is 6.20 Å². The lowest BCUT2D eigenvalue weighted by Gasteiger charge is -2.01. The van der Waals surface area contributed by atoms with E-state index in [2.05, 4.69) is 20.5 Å². The maximum Gasteiger partial charge on any atom is 0.325 e. The van der Waals surface area contributed by atoms with Crippen molar-refractivity contribution in [3.8, 4) is 0 Å². The SMILES string of the molecule is O=C(O)Cn1nnnc1Sc1ncccc1F. The molecule has 0 radical (unpaired) electrons. The Balaban J connectivity index is 2.22. The number of rotatable bonds is 4. The maximum atomic E-state index is 13.3. The second-order valence-corrected chi connectivity index (χ2v) is 3.86. The highest BCUT2D eigenvalue weighted by atomic mass is 32.2. The van der Waals surface area contributed by atoms with Crippen molar-refractivity contribution in [1.82, 2.24) is 25.2 Å². The lowest BCUT2D eigenvalue weighted by molar-refractivity contribution is -0.138. The Bertz CT molecular complexity index is 546. The Morgan fingerprint density at radius 3 is 3.12 bits per heavy atom. The van der Waals surface area contributed by atoms with E-state index < -0.39 is 11.8 Å². The van der Waals surface area contributed by atoms with Gasteiger partial charge in [-0.2, -0.15) is 0 Å². The largest absolute Gasteiger partial charge is 0.480 e. The van der Waals surface area contributed by atoms with E-state index in [0.717, 1.165) is 16.4 Å². The Labute approximate surface area is 98.7 Å². The van der Waals surface area contributed by atoms with E-state index in [1.807, 2.05) is 0 Å². The third-order valence-electron chi connectivity index (χ3n) is 1.70. The standard InChI is InChI=1S/C8H6FN5O2S/c9-5-2-1-3-10-7(5)17-8-11-12-13-14(8)4-6(15)16/h1-3H,4H2,(H,15,16). The van der Waals surface area contributed by atoms with Gasteiger partial charge in [0.05, 0.1) is 0 Å². The van der Waals surface area contributed by atoms with Gasteiger partial charge < -0.3 is 5.11 Å². The molecule has 0 atom stereocenters. The first kappa shape index (κ1) is 11.5. The summed E-state index contributed by atoms with van der Waals surface area (Å²) >= 11 is 0.867. The molecule has 0 aliphatic rings. The van der Waals surface area contributed by atoms with Gasteiger partial charge in [-0.25, -0.2) is 14.1 Å². The zero-order chi connectivity index (χ0) is 12.3. The van der Waals surface area contributed by atoms with Crippen LogP contribution in [0.3, 0.4) is 0 Å². The minimum absolute atomic E-state index is 0.0916. The Hall–Kier alpha value is -2.03. The van der Waals surface area contributed by atoms with Gasteiger partial charge in [-0.15, -0.1) is 5.10 Å². The monoisotopic (exact) mass is 255 g/mol. The molecule has 0 aromatic carbocycles. The molecule has 1 N–H and O–H groups in total. The summed E-state index contributed by atoms with van der Waals surface area (Å²) in [5.41, 5.74) is 0. The summed E-state index contributed by atoms with van der Waals surface area (Å²) in [5, 5.41) is 19.3. The van der Waals surface area contributed by atoms with Crippen molar-refractivity contribution in [2.24, 2.45) is 0 Å². The molecule has 2 aromatic rings. The van der Waals surface area contributed by atoms with Crippen LogP contribution in [-0.2, 0) is 11.3 Å². The highest BCUT2D eigenvalue weighted by Crippen LogP contribution is 2.25. The van der Waals surface area contributed by atoms with Crippen molar-refractivity contribution < 1.29 is 14.3 Å². The molecule has 0 aliphatic heterocycles. The van der Waals surface area contributed by atoms with E-state index >= 15 is 0 Å². The quantitative estimate of drug-likeness (QED) is 0.847. The van der Waals surface area contributed by atoms with E-state index in [1.54, 1.807) is 0 Å². The van der Waals surface area contributed by atoms with Crippen molar-refractivity contribution in [1.29, 1.82) is 0 Å². The summed E-state index contributed by atoms with van der Waals surface area (Å²) < 4.78 is 14.4. The third kappa shape index (κ3) is 2.75. The van der Waals surface area contributed by atoms with Crippen LogP contribution in [0, 0.1) is 5.82 Å². The number of aliphatic carboxylic acids is 1. The Morgan fingerprint density at radius 2 is 2.41 bits per heavy atom. The third-order valence-corrected chi connectivity index (χ3v) is 2.67. The number of hydrogen-bond donors (Lipinski definition) is 1. The van der Waals surface area contributed by atoms with E-state index in [-0.39, 0.29) is 16.7 Å². The number of carboxylic acid groups (broad SMARTS) is 1. The summed E-state index contributed by atoms with van der Waals surface area (Å²) in [4.78, 5) is 14.3. The van der Waals surface area contributed by atoms with Crippen molar-refractivity contribution in [3.63, 3.8) is 0 Å². The molecule has 2 heterocycles. The number of carbonyl (C=O) groups is 1. The lowest BCUT2D eigenvalue weighted by atomic mass is 10.5. The van der Waals surface area contributed by atoms with Crippen molar-refractivity contribution in [2.45, 2.75) is 16.7 Å².